The average Bonchev–Trinajstić information content (AvgIpc) is 3.24. The van der Waals surface area contributed by atoms with E-state index in [0.717, 1.165) is 38.8 Å². The second-order valence-electron chi connectivity index (χ2n) is 12.8. The minimum absolute atomic E-state index is 0.0173. The summed E-state index contributed by atoms with van der Waals surface area (Å²) in [6.45, 7) is 1.93. The molecular weight excluding hydrogens is 644 g/mol. The Morgan fingerprint density at radius 1 is 0.688 bits per heavy atom. The minimum Gasteiger partial charge on any atom is -0.362 e. The number of fused-ring (bicyclic) bond motifs is 7. The highest BCUT2D eigenvalue weighted by atomic mass is 32.1. The highest BCUT2D eigenvalue weighted by molar-refractivity contribution is 7.80. The summed E-state index contributed by atoms with van der Waals surface area (Å²) in [5.41, 5.74) is 1.88. The van der Waals surface area contributed by atoms with Crippen LogP contribution in [0.2, 0.25) is 0 Å². The average molecular weight is 678 g/mol. The van der Waals surface area contributed by atoms with Gasteiger partial charge in [-0.25, -0.2) is 0 Å². The topological polar surface area (TPSA) is 27.3 Å². The molecule has 7 rings (SSSR count). The first-order valence-corrected chi connectivity index (χ1v) is 16.5. The van der Waals surface area contributed by atoms with Crippen LogP contribution in [-0.2, 0) is 25.4 Å². The van der Waals surface area contributed by atoms with Crippen LogP contribution in [0.3, 0.4) is 0 Å². The van der Waals surface area contributed by atoms with E-state index in [4.69, 9.17) is 12.2 Å². The summed E-state index contributed by atoms with van der Waals surface area (Å²) in [4.78, 5) is 2.54. The van der Waals surface area contributed by atoms with Crippen LogP contribution in [0, 0.1) is 5.92 Å². The van der Waals surface area contributed by atoms with Crippen molar-refractivity contribution in [1.29, 1.82) is 0 Å². The Balaban J connectivity index is 1.16. The molecule has 0 aromatic heterocycles. The first-order chi connectivity index (χ1) is 23.0. The molecule has 10 heteroatoms. The van der Waals surface area contributed by atoms with E-state index in [1.165, 1.54) is 43.8 Å². The number of anilines is 1. The number of rotatable bonds is 4. The van der Waals surface area contributed by atoms with Crippen molar-refractivity contribution >= 4 is 44.6 Å². The zero-order chi connectivity index (χ0) is 33.6. The smallest absolute Gasteiger partial charge is 0.362 e. The largest absolute Gasteiger partial charge is 0.416 e. The van der Waals surface area contributed by atoms with E-state index in [9.17, 15) is 26.3 Å². The van der Waals surface area contributed by atoms with Crippen molar-refractivity contribution in [3.05, 3.63) is 113 Å². The summed E-state index contributed by atoms with van der Waals surface area (Å²) in [5, 5.41) is 10.5. The fourth-order valence-electron chi connectivity index (χ4n) is 7.55. The van der Waals surface area contributed by atoms with Crippen molar-refractivity contribution < 1.29 is 26.3 Å². The van der Waals surface area contributed by atoms with Gasteiger partial charge in [0, 0.05) is 31.4 Å². The number of benzene rings is 5. The van der Waals surface area contributed by atoms with E-state index >= 15 is 0 Å². The maximum atomic E-state index is 13.4. The molecule has 0 saturated heterocycles. The number of alkyl halides is 6. The van der Waals surface area contributed by atoms with Crippen LogP contribution in [0.25, 0.3) is 32.7 Å². The molecule has 1 aliphatic carbocycles. The molecular formula is C38H33F6N3S. The summed E-state index contributed by atoms with van der Waals surface area (Å²) in [6, 6.07) is 27.4. The van der Waals surface area contributed by atoms with Crippen molar-refractivity contribution in [1.82, 2.24) is 10.2 Å². The number of nitrogens with zero attached hydrogens (tertiary/aromatic N) is 1. The van der Waals surface area contributed by atoms with Gasteiger partial charge in [-0.15, -0.1) is 0 Å². The summed E-state index contributed by atoms with van der Waals surface area (Å²) in [6.07, 6.45) is -5.88. The van der Waals surface area contributed by atoms with Gasteiger partial charge < -0.3 is 10.6 Å². The fraction of sp³-hybridized carbons (Fsp3) is 0.289. The molecule has 1 fully saturated rings. The van der Waals surface area contributed by atoms with Crippen LogP contribution in [0.15, 0.2) is 91.0 Å². The molecule has 3 nitrogen and oxygen atoms in total. The Kier molecular flexibility index (Phi) is 8.58. The first kappa shape index (κ1) is 32.4. The van der Waals surface area contributed by atoms with Gasteiger partial charge in [0.2, 0.25) is 0 Å². The number of thiocarbonyl (C=S) groups is 1. The van der Waals surface area contributed by atoms with Gasteiger partial charge in [0.15, 0.2) is 5.11 Å². The van der Waals surface area contributed by atoms with Crippen molar-refractivity contribution in [3.8, 4) is 11.1 Å². The molecule has 0 spiro atoms. The van der Waals surface area contributed by atoms with Crippen LogP contribution in [0.1, 0.15) is 47.9 Å². The summed E-state index contributed by atoms with van der Waals surface area (Å²) in [7, 11) is 0. The maximum Gasteiger partial charge on any atom is 0.416 e. The summed E-state index contributed by atoms with van der Waals surface area (Å²) < 4.78 is 80.4. The van der Waals surface area contributed by atoms with Crippen LogP contribution >= 0.6 is 12.2 Å². The van der Waals surface area contributed by atoms with Gasteiger partial charge in [-0.05, 0) is 93.0 Å². The monoisotopic (exact) mass is 677 g/mol. The molecule has 2 N–H and O–H groups in total. The van der Waals surface area contributed by atoms with E-state index in [2.05, 4.69) is 88.3 Å². The number of hydrogen-bond acceptors (Lipinski definition) is 2. The molecule has 2 atom stereocenters. The van der Waals surface area contributed by atoms with Gasteiger partial charge in [0.1, 0.15) is 0 Å². The summed E-state index contributed by atoms with van der Waals surface area (Å²) in [5.74, 6) is 0.164. The Bertz CT molecular complexity index is 1880. The lowest BCUT2D eigenvalue weighted by atomic mass is 9.83. The van der Waals surface area contributed by atoms with Gasteiger partial charge in [0.25, 0.3) is 0 Å². The standard InChI is InChI=1S/C38H33F6N3S/c39-37(40,41)28-17-29(38(42,43)44)19-30(18-28)46-36(48)45-20-25-9-3-6-12-33(25)47-21-26-15-13-23-7-1-4-10-31(23)34(26)35-27(22-47)16-14-24-8-2-5-11-32(24)35/h1-2,4-5,7-8,10-11,13-19,25,33H,3,6,9,12,20-22H2,(H2,45,46,48)/t25-,33+/m0/s1. The molecule has 2 aliphatic rings. The lowest BCUT2D eigenvalue weighted by Crippen LogP contribution is -2.46. The highest BCUT2D eigenvalue weighted by Gasteiger charge is 2.37. The predicted molar refractivity (Wildman–Crippen MR) is 183 cm³/mol. The third kappa shape index (κ3) is 6.48. The second kappa shape index (κ2) is 12.7. The zero-order valence-electron chi connectivity index (χ0n) is 25.9. The molecule has 0 radical (unpaired) electrons. The Morgan fingerprint density at radius 2 is 1.21 bits per heavy atom. The quantitative estimate of drug-likeness (QED) is 0.146. The fourth-order valence-corrected chi connectivity index (χ4v) is 7.75. The summed E-state index contributed by atoms with van der Waals surface area (Å²) >= 11 is 5.39. The van der Waals surface area contributed by atoms with Crippen molar-refractivity contribution in [2.45, 2.75) is 57.2 Å². The van der Waals surface area contributed by atoms with Gasteiger partial charge in [-0.1, -0.05) is 85.6 Å². The van der Waals surface area contributed by atoms with Crippen LogP contribution in [0.4, 0.5) is 32.0 Å². The normalized spacial score (nSPS) is 18.6. The molecule has 1 aliphatic heterocycles. The highest BCUT2D eigenvalue weighted by Crippen LogP contribution is 2.44. The molecule has 0 unspecified atom stereocenters. The Morgan fingerprint density at radius 3 is 1.75 bits per heavy atom. The maximum absolute atomic E-state index is 13.4. The van der Waals surface area contributed by atoms with Gasteiger partial charge >= 0.3 is 12.4 Å². The predicted octanol–water partition coefficient (Wildman–Crippen LogP) is 10.6. The third-order valence-electron chi connectivity index (χ3n) is 9.74. The molecule has 0 amide bonds. The van der Waals surface area contributed by atoms with E-state index in [0.29, 0.717) is 18.7 Å². The molecule has 48 heavy (non-hydrogen) atoms. The van der Waals surface area contributed by atoms with Crippen LogP contribution in [0.5, 0.6) is 0 Å². The number of halogens is 6. The van der Waals surface area contributed by atoms with Crippen LogP contribution < -0.4 is 10.6 Å². The van der Waals surface area contributed by atoms with Crippen molar-refractivity contribution in [2.24, 2.45) is 5.92 Å². The SMILES string of the molecule is FC(F)(F)c1cc(NC(=S)NC[C@@H]2CCCC[C@H]2N2Cc3ccc4ccccc4c3-c3c(ccc4ccccc34)C2)cc(C(F)(F)F)c1. The first-order valence-electron chi connectivity index (χ1n) is 16.1. The van der Waals surface area contributed by atoms with E-state index in [1.807, 2.05) is 0 Å². The molecule has 1 saturated carbocycles. The van der Waals surface area contributed by atoms with E-state index in [1.54, 1.807) is 0 Å². The van der Waals surface area contributed by atoms with Gasteiger partial charge in [-0.3, -0.25) is 4.90 Å². The minimum atomic E-state index is -4.94. The van der Waals surface area contributed by atoms with E-state index in [-0.39, 0.29) is 28.8 Å². The Hall–Kier alpha value is -4.15. The lowest BCUT2D eigenvalue weighted by molar-refractivity contribution is -0.143. The van der Waals surface area contributed by atoms with Crippen molar-refractivity contribution in [2.75, 3.05) is 11.9 Å². The molecule has 5 aromatic carbocycles. The van der Waals surface area contributed by atoms with E-state index < -0.39 is 23.5 Å². The van der Waals surface area contributed by atoms with Crippen LogP contribution in [-0.4, -0.2) is 22.6 Å². The second-order valence-corrected chi connectivity index (χ2v) is 13.2. The lowest BCUT2D eigenvalue weighted by Gasteiger charge is -2.40. The zero-order valence-corrected chi connectivity index (χ0v) is 26.7. The molecule has 1 heterocycles. The van der Waals surface area contributed by atoms with Crippen molar-refractivity contribution in [3.63, 3.8) is 0 Å². The Labute approximate surface area is 279 Å². The van der Waals surface area contributed by atoms with Gasteiger partial charge in [-0.2, -0.15) is 26.3 Å². The third-order valence-corrected chi connectivity index (χ3v) is 9.98. The molecule has 248 valence electrons. The number of nitrogens with one attached hydrogen (secondary N) is 2. The van der Waals surface area contributed by atoms with Gasteiger partial charge in [0.05, 0.1) is 11.1 Å². The molecule has 5 aromatic rings. The molecule has 0 bridgehead atoms. The number of hydrogen-bond donors (Lipinski definition) is 2.